The Morgan fingerprint density at radius 1 is 1.38 bits per heavy atom. The lowest BCUT2D eigenvalue weighted by Crippen LogP contribution is -2.11. The van der Waals surface area contributed by atoms with Gasteiger partial charge in [-0.2, -0.15) is 0 Å². The molecule has 2 unspecified atom stereocenters. The van der Waals surface area contributed by atoms with Crippen molar-refractivity contribution in [1.29, 1.82) is 0 Å². The van der Waals surface area contributed by atoms with Gasteiger partial charge in [-0.3, -0.25) is 0 Å². The molecule has 0 fully saturated rings. The van der Waals surface area contributed by atoms with Crippen molar-refractivity contribution >= 4 is 27.5 Å². The van der Waals surface area contributed by atoms with Crippen LogP contribution in [0.3, 0.4) is 0 Å². The number of benzene rings is 1. The van der Waals surface area contributed by atoms with Crippen molar-refractivity contribution in [2.45, 2.75) is 18.0 Å². The Balaban J connectivity index is 2.53. The Morgan fingerprint density at radius 3 is 2.54 bits per heavy atom. The summed E-state index contributed by atoms with van der Waals surface area (Å²) in [6, 6.07) is 9.98. The minimum atomic E-state index is -0.0672. The van der Waals surface area contributed by atoms with Crippen LogP contribution in [0.5, 0.6) is 0 Å². The molecule has 0 amide bonds. The van der Waals surface area contributed by atoms with E-state index < -0.39 is 0 Å². The molecule has 13 heavy (non-hydrogen) atoms. The second kappa shape index (κ2) is 5.63. The standard InChI is InChI=1S/C10H12BrClO/c1-8(7-12)13-10(11)9-5-3-2-4-6-9/h2-6,8,10H,7H2,1H3. The van der Waals surface area contributed by atoms with Crippen molar-refractivity contribution in [2.75, 3.05) is 5.88 Å². The third-order valence-corrected chi connectivity index (χ3v) is 2.81. The largest absolute Gasteiger partial charge is 0.358 e. The van der Waals surface area contributed by atoms with E-state index in [0.29, 0.717) is 5.88 Å². The molecule has 1 rings (SSSR count). The van der Waals surface area contributed by atoms with E-state index in [1.54, 1.807) is 0 Å². The molecule has 0 aliphatic carbocycles. The van der Waals surface area contributed by atoms with Crippen LogP contribution in [-0.2, 0) is 4.74 Å². The summed E-state index contributed by atoms with van der Waals surface area (Å²) in [4.78, 5) is 0. The molecular formula is C10H12BrClO. The number of hydrogen-bond donors (Lipinski definition) is 0. The molecule has 1 aromatic carbocycles. The van der Waals surface area contributed by atoms with E-state index in [1.165, 1.54) is 0 Å². The van der Waals surface area contributed by atoms with Crippen molar-refractivity contribution in [3.63, 3.8) is 0 Å². The first-order valence-electron chi connectivity index (χ1n) is 4.14. The van der Waals surface area contributed by atoms with Crippen LogP contribution in [-0.4, -0.2) is 12.0 Å². The minimum absolute atomic E-state index is 0.0613. The maximum absolute atomic E-state index is 5.64. The molecule has 0 saturated heterocycles. The van der Waals surface area contributed by atoms with Gasteiger partial charge in [-0.1, -0.05) is 46.3 Å². The maximum Gasteiger partial charge on any atom is 0.137 e. The van der Waals surface area contributed by atoms with Gasteiger partial charge in [-0.05, 0) is 12.5 Å². The van der Waals surface area contributed by atoms with Gasteiger partial charge in [0.2, 0.25) is 0 Å². The average molecular weight is 264 g/mol. The molecule has 1 aromatic rings. The highest BCUT2D eigenvalue weighted by Crippen LogP contribution is 2.25. The summed E-state index contributed by atoms with van der Waals surface area (Å²) in [6.45, 7) is 1.95. The fourth-order valence-corrected chi connectivity index (χ4v) is 1.67. The molecule has 3 heteroatoms. The van der Waals surface area contributed by atoms with Crippen molar-refractivity contribution < 1.29 is 4.74 Å². The molecule has 72 valence electrons. The Labute approximate surface area is 92.2 Å². The van der Waals surface area contributed by atoms with Gasteiger partial charge in [0.1, 0.15) is 5.01 Å². The number of ether oxygens (including phenoxy) is 1. The Hall–Kier alpha value is -0.0500. The lowest BCUT2D eigenvalue weighted by atomic mass is 10.2. The van der Waals surface area contributed by atoms with Crippen LogP contribution in [0.2, 0.25) is 0 Å². The maximum atomic E-state index is 5.64. The SMILES string of the molecule is CC(CCl)OC(Br)c1ccccc1. The molecule has 0 aromatic heterocycles. The monoisotopic (exact) mass is 262 g/mol. The molecule has 0 aliphatic rings. The van der Waals surface area contributed by atoms with E-state index in [2.05, 4.69) is 15.9 Å². The number of alkyl halides is 2. The summed E-state index contributed by atoms with van der Waals surface area (Å²) in [5, 5.41) is -0.0672. The van der Waals surface area contributed by atoms with E-state index in [4.69, 9.17) is 16.3 Å². The van der Waals surface area contributed by atoms with Crippen LogP contribution in [0.15, 0.2) is 30.3 Å². The van der Waals surface area contributed by atoms with Crippen LogP contribution in [0.4, 0.5) is 0 Å². The molecule has 0 saturated carbocycles. The van der Waals surface area contributed by atoms with Gasteiger partial charge >= 0.3 is 0 Å². The normalized spacial score (nSPS) is 15.3. The Morgan fingerprint density at radius 2 is 2.00 bits per heavy atom. The van der Waals surface area contributed by atoms with Crippen LogP contribution in [0.1, 0.15) is 17.5 Å². The van der Waals surface area contributed by atoms with E-state index in [-0.39, 0.29) is 11.1 Å². The van der Waals surface area contributed by atoms with Crippen LogP contribution >= 0.6 is 27.5 Å². The number of hydrogen-bond acceptors (Lipinski definition) is 1. The smallest absolute Gasteiger partial charge is 0.137 e. The third-order valence-electron chi connectivity index (χ3n) is 1.63. The first-order valence-corrected chi connectivity index (χ1v) is 5.59. The lowest BCUT2D eigenvalue weighted by molar-refractivity contribution is 0.0653. The summed E-state index contributed by atoms with van der Waals surface area (Å²) in [5.41, 5.74) is 1.11. The second-order valence-corrected chi connectivity index (χ2v) is 3.97. The van der Waals surface area contributed by atoms with E-state index in [1.807, 2.05) is 37.3 Å². The molecular weight excluding hydrogens is 251 g/mol. The van der Waals surface area contributed by atoms with Crippen LogP contribution in [0, 0.1) is 0 Å². The molecule has 0 bridgehead atoms. The second-order valence-electron chi connectivity index (χ2n) is 2.83. The fourth-order valence-electron chi connectivity index (χ4n) is 0.923. The van der Waals surface area contributed by atoms with E-state index in [9.17, 15) is 0 Å². The zero-order chi connectivity index (χ0) is 9.68. The summed E-state index contributed by atoms with van der Waals surface area (Å²) in [7, 11) is 0. The highest BCUT2D eigenvalue weighted by Gasteiger charge is 2.10. The van der Waals surface area contributed by atoms with Gasteiger partial charge in [-0.15, -0.1) is 11.6 Å². The molecule has 1 nitrogen and oxygen atoms in total. The predicted molar refractivity (Wildman–Crippen MR) is 59.4 cm³/mol. The van der Waals surface area contributed by atoms with Crippen molar-refractivity contribution in [1.82, 2.24) is 0 Å². The summed E-state index contributed by atoms with van der Waals surface area (Å²) in [5.74, 6) is 0.509. The van der Waals surface area contributed by atoms with Crippen molar-refractivity contribution in [2.24, 2.45) is 0 Å². The van der Waals surface area contributed by atoms with Gasteiger partial charge in [0, 0.05) is 5.88 Å². The van der Waals surface area contributed by atoms with Gasteiger partial charge in [0.05, 0.1) is 6.10 Å². The van der Waals surface area contributed by atoms with E-state index >= 15 is 0 Å². The summed E-state index contributed by atoms with van der Waals surface area (Å²) >= 11 is 9.08. The first kappa shape index (κ1) is 11.0. The topological polar surface area (TPSA) is 9.23 Å². The average Bonchev–Trinajstić information content (AvgIpc) is 2.19. The zero-order valence-electron chi connectivity index (χ0n) is 7.41. The minimum Gasteiger partial charge on any atom is -0.358 e. The molecule has 0 N–H and O–H groups in total. The molecule has 0 radical (unpaired) electrons. The van der Waals surface area contributed by atoms with Gasteiger partial charge in [0.15, 0.2) is 0 Å². The van der Waals surface area contributed by atoms with Gasteiger partial charge in [-0.25, -0.2) is 0 Å². The fraction of sp³-hybridized carbons (Fsp3) is 0.400. The molecule has 2 atom stereocenters. The van der Waals surface area contributed by atoms with Crippen molar-refractivity contribution in [3.05, 3.63) is 35.9 Å². The Bertz CT molecular complexity index is 240. The Kier molecular flexibility index (Phi) is 4.78. The lowest BCUT2D eigenvalue weighted by Gasteiger charge is -2.15. The summed E-state index contributed by atoms with van der Waals surface area (Å²) in [6.07, 6.45) is 0.0613. The number of rotatable bonds is 4. The highest BCUT2D eigenvalue weighted by atomic mass is 79.9. The van der Waals surface area contributed by atoms with Crippen molar-refractivity contribution in [3.8, 4) is 0 Å². The molecule has 0 aliphatic heterocycles. The third kappa shape index (κ3) is 3.67. The highest BCUT2D eigenvalue weighted by molar-refractivity contribution is 9.09. The van der Waals surface area contributed by atoms with Gasteiger partial charge < -0.3 is 4.74 Å². The quantitative estimate of drug-likeness (QED) is 0.752. The summed E-state index contributed by atoms with van der Waals surface area (Å²) < 4.78 is 5.57. The van der Waals surface area contributed by atoms with Gasteiger partial charge in [0.25, 0.3) is 0 Å². The van der Waals surface area contributed by atoms with Crippen LogP contribution in [0.25, 0.3) is 0 Å². The molecule has 0 spiro atoms. The van der Waals surface area contributed by atoms with Crippen LogP contribution < -0.4 is 0 Å². The zero-order valence-corrected chi connectivity index (χ0v) is 9.75. The predicted octanol–water partition coefficient (Wildman–Crippen LogP) is 3.72. The molecule has 0 heterocycles. The first-order chi connectivity index (χ1) is 6.24. The number of halogens is 2. The van der Waals surface area contributed by atoms with E-state index in [0.717, 1.165) is 5.56 Å².